The first-order chi connectivity index (χ1) is 12.0. The van der Waals surface area contributed by atoms with Crippen LogP contribution in [0.25, 0.3) is 11.4 Å². The maximum atomic E-state index is 11.6. The standard InChI is InChI=1S/C17H25N5O2S/c1-3-8-22-17(4-7-20-22)16-13-18-15(12-19-16)11-14-5-9-21(10-6-14)25(2,23)24/h4,7,12-14H,3,5-6,8-11H2,1-2H3. The van der Waals surface area contributed by atoms with Crippen molar-refractivity contribution < 1.29 is 8.42 Å². The first-order valence-corrected chi connectivity index (χ1v) is 10.6. The fraction of sp³-hybridized carbons (Fsp3) is 0.588. The van der Waals surface area contributed by atoms with Gasteiger partial charge < -0.3 is 0 Å². The Labute approximate surface area is 149 Å². The van der Waals surface area contributed by atoms with Crippen molar-refractivity contribution in [3.8, 4) is 11.4 Å². The van der Waals surface area contributed by atoms with E-state index in [-0.39, 0.29) is 0 Å². The molecular formula is C17H25N5O2S. The van der Waals surface area contributed by atoms with Crippen LogP contribution in [-0.2, 0) is 23.0 Å². The van der Waals surface area contributed by atoms with Crippen LogP contribution >= 0.6 is 0 Å². The highest BCUT2D eigenvalue weighted by Gasteiger charge is 2.25. The van der Waals surface area contributed by atoms with Gasteiger partial charge in [-0.25, -0.2) is 12.7 Å². The molecule has 1 saturated heterocycles. The molecule has 0 spiro atoms. The molecule has 3 rings (SSSR count). The molecule has 0 N–H and O–H groups in total. The van der Waals surface area contributed by atoms with Crippen LogP contribution in [0.3, 0.4) is 0 Å². The van der Waals surface area contributed by atoms with Crippen molar-refractivity contribution >= 4 is 10.0 Å². The molecule has 7 nitrogen and oxygen atoms in total. The molecule has 1 aliphatic rings. The zero-order valence-corrected chi connectivity index (χ0v) is 15.6. The van der Waals surface area contributed by atoms with Crippen LogP contribution in [0.2, 0.25) is 0 Å². The molecule has 0 atom stereocenters. The quantitative estimate of drug-likeness (QED) is 0.784. The molecule has 1 fully saturated rings. The lowest BCUT2D eigenvalue weighted by Gasteiger charge is -2.29. The minimum Gasteiger partial charge on any atom is -0.263 e. The van der Waals surface area contributed by atoms with Crippen molar-refractivity contribution in [3.63, 3.8) is 0 Å². The third kappa shape index (κ3) is 4.43. The van der Waals surface area contributed by atoms with Gasteiger partial charge in [-0.3, -0.25) is 14.6 Å². The van der Waals surface area contributed by atoms with E-state index < -0.39 is 10.0 Å². The van der Waals surface area contributed by atoms with Crippen LogP contribution in [0.1, 0.15) is 31.9 Å². The van der Waals surface area contributed by atoms with E-state index in [9.17, 15) is 8.42 Å². The second kappa shape index (κ2) is 7.61. The van der Waals surface area contributed by atoms with Gasteiger partial charge in [0.05, 0.1) is 23.8 Å². The number of aryl methyl sites for hydroxylation is 1. The Bertz CT molecular complexity index is 793. The minimum atomic E-state index is -3.06. The van der Waals surface area contributed by atoms with E-state index in [1.165, 1.54) is 6.26 Å². The second-order valence-corrected chi connectivity index (χ2v) is 8.62. The summed E-state index contributed by atoms with van der Waals surface area (Å²) in [5.41, 5.74) is 2.78. The van der Waals surface area contributed by atoms with Gasteiger partial charge >= 0.3 is 0 Å². The Morgan fingerprint density at radius 3 is 2.56 bits per heavy atom. The van der Waals surface area contributed by atoms with Crippen molar-refractivity contribution in [1.82, 2.24) is 24.1 Å². The largest absolute Gasteiger partial charge is 0.263 e. The normalized spacial score (nSPS) is 17.0. The third-order valence-electron chi connectivity index (χ3n) is 4.66. The molecule has 1 aliphatic heterocycles. The second-order valence-electron chi connectivity index (χ2n) is 6.64. The molecule has 8 heteroatoms. The van der Waals surface area contributed by atoms with Crippen LogP contribution < -0.4 is 0 Å². The number of nitrogens with zero attached hydrogens (tertiary/aromatic N) is 5. The van der Waals surface area contributed by atoms with Gasteiger partial charge in [-0.1, -0.05) is 6.92 Å². The van der Waals surface area contributed by atoms with Crippen LogP contribution in [0.15, 0.2) is 24.7 Å². The van der Waals surface area contributed by atoms with Crippen molar-refractivity contribution in [2.75, 3.05) is 19.3 Å². The molecule has 0 saturated carbocycles. The SMILES string of the molecule is CCCn1nccc1-c1cnc(CC2CCN(S(C)(=O)=O)CC2)cn1. The van der Waals surface area contributed by atoms with Gasteiger partial charge in [-0.2, -0.15) is 5.10 Å². The molecule has 0 unspecified atom stereocenters. The van der Waals surface area contributed by atoms with E-state index in [1.54, 1.807) is 10.5 Å². The molecule has 0 aromatic carbocycles. The summed E-state index contributed by atoms with van der Waals surface area (Å²) < 4.78 is 26.7. The van der Waals surface area contributed by atoms with E-state index in [1.807, 2.05) is 23.1 Å². The van der Waals surface area contributed by atoms with Gasteiger partial charge in [0.15, 0.2) is 0 Å². The molecule has 0 bridgehead atoms. The van der Waals surface area contributed by atoms with Crippen molar-refractivity contribution in [1.29, 1.82) is 0 Å². The number of aromatic nitrogens is 4. The number of rotatable bonds is 6. The van der Waals surface area contributed by atoms with Crippen molar-refractivity contribution in [2.24, 2.45) is 5.92 Å². The number of hydrogen-bond donors (Lipinski definition) is 0. The predicted molar refractivity (Wildman–Crippen MR) is 96.4 cm³/mol. The van der Waals surface area contributed by atoms with Gasteiger partial charge in [0.1, 0.15) is 5.69 Å². The number of piperidine rings is 1. The Hall–Kier alpha value is -1.80. The Morgan fingerprint density at radius 1 is 1.20 bits per heavy atom. The van der Waals surface area contributed by atoms with E-state index >= 15 is 0 Å². The highest BCUT2D eigenvalue weighted by Crippen LogP contribution is 2.23. The highest BCUT2D eigenvalue weighted by molar-refractivity contribution is 7.88. The summed E-state index contributed by atoms with van der Waals surface area (Å²) in [6.45, 7) is 4.19. The summed E-state index contributed by atoms with van der Waals surface area (Å²) in [5, 5.41) is 4.32. The number of hydrogen-bond acceptors (Lipinski definition) is 5. The minimum absolute atomic E-state index is 0.462. The Morgan fingerprint density at radius 2 is 1.96 bits per heavy atom. The zero-order chi connectivity index (χ0) is 17.9. The molecule has 2 aromatic rings. The topological polar surface area (TPSA) is 81.0 Å². The summed E-state index contributed by atoms with van der Waals surface area (Å²) in [4.78, 5) is 9.12. The first kappa shape index (κ1) is 18.0. The maximum Gasteiger partial charge on any atom is 0.211 e. The predicted octanol–water partition coefficient (Wildman–Crippen LogP) is 1.96. The molecular weight excluding hydrogens is 338 g/mol. The third-order valence-corrected chi connectivity index (χ3v) is 5.96. The first-order valence-electron chi connectivity index (χ1n) is 8.75. The number of sulfonamides is 1. The van der Waals surface area contributed by atoms with E-state index in [0.29, 0.717) is 19.0 Å². The lowest BCUT2D eigenvalue weighted by atomic mass is 9.93. The van der Waals surface area contributed by atoms with E-state index in [4.69, 9.17) is 0 Å². The smallest absolute Gasteiger partial charge is 0.211 e. The van der Waals surface area contributed by atoms with Gasteiger partial charge in [0.25, 0.3) is 0 Å². The molecule has 0 radical (unpaired) electrons. The molecule has 0 amide bonds. The molecule has 2 aromatic heterocycles. The van der Waals surface area contributed by atoms with E-state index in [0.717, 1.165) is 49.3 Å². The average molecular weight is 363 g/mol. The monoisotopic (exact) mass is 363 g/mol. The lowest BCUT2D eigenvalue weighted by Crippen LogP contribution is -2.38. The summed E-state index contributed by atoms with van der Waals surface area (Å²) >= 11 is 0. The fourth-order valence-corrected chi connectivity index (χ4v) is 4.15. The molecule has 0 aliphatic carbocycles. The maximum absolute atomic E-state index is 11.6. The summed E-state index contributed by atoms with van der Waals surface area (Å²) in [5.74, 6) is 0.462. The zero-order valence-electron chi connectivity index (χ0n) is 14.8. The highest BCUT2D eigenvalue weighted by atomic mass is 32.2. The van der Waals surface area contributed by atoms with Crippen molar-refractivity contribution in [3.05, 3.63) is 30.4 Å². The fourth-order valence-electron chi connectivity index (χ4n) is 3.27. The average Bonchev–Trinajstić information content (AvgIpc) is 3.04. The molecule has 3 heterocycles. The van der Waals surface area contributed by atoms with Crippen molar-refractivity contribution in [2.45, 2.75) is 39.2 Å². The summed E-state index contributed by atoms with van der Waals surface area (Å²) in [6, 6.07) is 1.96. The summed E-state index contributed by atoms with van der Waals surface area (Å²) in [6.07, 6.45) is 10.3. The molecule has 136 valence electrons. The van der Waals surface area contributed by atoms with Crippen LogP contribution in [0.4, 0.5) is 0 Å². The Kier molecular flexibility index (Phi) is 5.48. The van der Waals surface area contributed by atoms with Gasteiger partial charge in [-0.15, -0.1) is 0 Å². The van der Waals surface area contributed by atoms with E-state index in [2.05, 4.69) is 22.0 Å². The van der Waals surface area contributed by atoms with Gasteiger partial charge in [0.2, 0.25) is 10.0 Å². The van der Waals surface area contributed by atoms with Crippen LogP contribution in [0, 0.1) is 5.92 Å². The summed E-state index contributed by atoms with van der Waals surface area (Å²) in [7, 11) is -3.06. The van der Waals surface area contributed by atoms with Gasteiger partial charge in [0, 0.05) is 32.0 Å². The Balaban J connectivity index is 1.61. The van der Waals surface area contributed by atoms with Gasteiger partial charge in [-0.05, 0) is 37.7 Å². The lowest BCUT2D eigenvalue weighted by molar-refractivity contribution is 0.273. The van der Waals surface area contributed by atoms with Crippen LogP contribution in [-0.4, -0.2) is 51.8 Å². The van der Waals surface area contributed by atoms with Crippen LogP contribution in [0.5, 0.6) is 0 Å². The molecule has 25 heavy (non-hydrogen) atoms.